The van der Waals surface area contributed by atoms with Gasteiger partial charge in [-0.25, -0.2) is 4.79 Å². The van der Waals surface area contributed by atoms with Gasteiger partial charge in [0.05, 0.1) is 6.26 Å². The Bertz CT molecular complexity index is 378. The Labute approximate surface area is 87.1 Å². The number of hydrogen-bond acceptors (Lipinski definition) is 4. The van der Waals surface area contributed by atoms with Crippen LogP contribution in [0.25, 0.3) is 0 Å². The molecule has 4 heteroatoms. The number of benzene rings is 1. The van der Waals surface area contributed by atoms with E-state index in [1.165, 1.54) is 19.1 Å². The lowest BCUT2D eigenvalue weighted by molar-refractivity contribution is 0.101. The molecule has 0 radical (unpaired) electrons. The predicted octanol–water partition coefficient (Wildman–Crippen LogP) is 2.55. The van der Waals surface area contributed by atoms with Gasteiger partial charge < -0.3 is 9.47 Å². The van der Waals surface area contributed by atoms with Crippen LogP contribution in [0.5, 0.6) is 5.75 Å². The minimum Gasteiger partial charge on any atom is -0.403 e. The molecule has 0 saturated carbocycles. The van der Waals surface area contributed by atoms with Crippen molar-refractivity contribution in [2.75, 3.05) is 0 Å². The van der Waals surface area contributed by atoms with Crippen molar-refractivity contribution < 1.29 is 19.1 Å². The van der Waals surface area contributed by atoms with Crippen molar-refractivity contribution >= 4 is 11.9 Å². The van der Waals surface area contributed by atoms with Gasteiger partial charge >= 0.3 is 6.16 Å². The molecule has 0 saturated heterocycles. The molecule has 0 amide bonds. The van der Waals surface area contributed by atoms with Crippen LogP contribution in [0.3, 0.4) is 0 Å². The normalized spacial score (nSPS) is 9.13. The minimum absolute atomic E-state index is 0.0461. The highest BCUT2D eigenvalue weighted by Gasteiger charge is 2.04. The fraction of sp³-hybridized carbons (Fsp3) is 0.0909. The molecule has 4 nitrogen and oxygen atoms in total. The van der Waals surface area contributed by atoms with E-state index in [0.29, 0.717) is 11.3 Å². The highest BCUT2D eigenvalue weighted by molar-refractivity contribution is 5.94. The third kappa shape index (κ3) is 3.27. The van der Waals surface area contributed by atoms with E-state index in [9.17, 15) is 9.59 Å². The lowest BCUT2D eigenvalue weighted by Crippen LogP contribution is -2.06. The minimum atomic E-state index is -0.861. The average Bonchev–Trinajstić information content (AvgIpc) is 2.18. The SMILES string of the molecule is C=COC(=O)Oc1ccc(C(C)=O)cc1. The summed E-state index contributed by atoms with van der Waals surface area (Å²) in [6.07, 6.45) is 0.118. The summed E-state index contributed by atoms with van der Waals surface area (Å²) in [4.78, 5) is 21.8. The molecular formula is C11H10O4. The van der Waals surface area contributed by atoms with Crippen molar-refractivity contribution in [2.24, 2.45) is 0 Å². The van der Waals surface area contributed by atoms with E-state index in [0.717, 1.165) is 6.26 Å². The Morgan fingerprint density at radius 1 is 1.27 bits per heavy atom. The number of carbonyl (C=O) groups excluding carboxylic acids is 2. The molecule has 0 atom stereocenters. The summed E-state index contributed by atoms with van der Waals surface area (Å²) in [5, 5.41) is 0. The van der Waals surface area contributed by atoms with Gasteiger partial charge in [0.1, 0.15) is 5.75 Å². The second kappa shape index (κ2) is 4.95. The van der Waals surface area contributed by atoms with Crippen LogP contribution in [0.2, 0.25) is 0 Å². The Kier molecular flexibility index (Phi) is 3.62. The first-order chi connectivity index (χ1) is 7.13. The molecule has 15 heavy (non-hydrogen) atoms. The second-order valence-electron chi connectivity index (χ2n) is 2.72. The quantitative estimate of drug-likeness (QED) is 0.330. The second-order valence-corrected chi connectivity index (χ2v) is 2.72. The molecular weight excluding hydrogens is 196 g/mol. The van der Waals surface area contributed by atoms with Crippen molar-refractivity contribution in [2.45, 2.75) is 6.92 Å². The molecule has 0 heterocycles. The van der Waals surface area contributed by atoms with Crippen LogP contribution >= 0.6 is 0 Å². The first-order valence-electron chi connectivity index (χ1n) is 4.24. The molecule has 1 aromatic rings. The van der Waals surface area contributed by atoms with Gasteiger partial charge in [-0.3, -0.25) is 4.79 Å². The molecule has 0 fully saturated rings. The summed E-state index contributed by atoms with van der Waals surface area (Å²) in [5.41, 5.74) is 0.555. The summed E-state index contributed by atoms with van der Waals surface area (Å²) in [5.74, 6) is 0.266. The number of ketones is 1. The highest BCUT2D eigenvalue weighted by atomic mass is 16.7. The number of hydrogen-bond donors (Lipinski definition) is 0. The molecule has 1 rings (SSSR count). The highest BCUT2D eigenvalue weighted by Crippen LogP contribution is 2.13. The average molecular weight is 206 g/mol. The lowest BCUT2D eigenvalue weighted by Gasteiger charge is -2.02. The van der Waals surface area contributed by atoms with Gasteiger partial charge in [0, 0.05) is 5.56 Å². The van der Waals surface area contributed by atoms with E-state index in [1.807, 2.05) is 0 Å². The summed E-state index contributed by atoms with van der Waals surface area (Å²) in [6.45, 7) is 4.67. The van der Waals surface area contributed by atoms with E-state index < -0.39 is 6.16 Å². The zero-order valence-electron chi connectivity index (χ0n) is 8.23. The third-order valence-electron chi connectivity index (χ3n) is 1.64. The maximum Gasteiger partial charge on any atom is 0.518 e. The number of carbonyl (C=O) groups is 2. The zero-order chi connectivity index (χ0) is 11.3. The lowest BCUT2D eigenvalue weighted by atomic mass is 10.1. The van der Waals surface area contributed by atoms with E-state index in [4.69, 9.17) is 4.74 Å². The van der Waals surface area contributed by atoms with Crippen LogP contribution in [-0.2, 0) is 4.74 Å². The van der Waals surface area contributed by atoms with Crippen LogP contribution in [-0.4, -0.2) is 11.9 Å². The molecule has 0 aliphatic carbocycles. The third-order valence-corrected chi connectivity index (χ3v) is 1.64. The van der Waals surface area contributed by atoms with Crippen molar-refractivity contribution in [1.82, 2.24) is 0 Å². The fourth-order valence-corrected chi connectivity index (χ4v) is 0.946. The number of rotatable bonds is 3. The Morgan fingerprint density at radius 3 is 2.33 bits per heavy atom. The maximum atomic E-state index is 10.9. The number of Topliss-reactive ketones (excluding diaryl/α,β-unsaturated/α-hetero) is 1. The monoisotopic (exact) mass is 206 g/mol. The Hall–Kier alpha value is -2.10. The van der Waals surface area contributed by atoms with Crippen LogP contribution in [0.4, 0.5) is 4.79 Å². The van der Waals surface area contributed by atoms with E-state index in [2.05, 4.69) is 11.3 Å². The van der Waals surface area contributed by atoms with Gasteiger partial charge in [0.15, 0.2) is 5.78 Å². The molecule has 0 aliphatic rings. The van der Waals surface area contributed by atoms with Crippen molar-refractivity contribution in [3.05, 3.63) is 42.7 Å². The summed E-state index contributed by atoms with van der Waals surface area (Å²) < 4.78 is 9.11. The summed E-state index contributed by atoms with van der Waals surface area (Å²) in [7, 11) is 0. The van der Waals surface area contributed by atoms with Crippen LogP contribution < -0.4 is 4.74 Å². The Morgan fingerprint density at radius 2 is 1.87 bits per heavy atom. The van der Waals surface area contributed by atoms with E-state index >= 15 is 0 Å². The number of ether oxygens (including phenoxy) is 2. The smallest absolute Gasteiger partial charge is 0.403 e. The van der Waals surface area contributed by atoms with Crippen LogP contribution in [0, 0.1) is 0 Å². The van der Waals surface area contributed by atoms with Gasteiger partial charge in [0.2, 0.25) is 0 Å². The largest absolute Gasteiger partial charge is 0.518 e. The summed E-state index contributed by atoms with van der Waals surface area (Å²) in [6, 6.07) is 6.17. The van der Waals surface area contributed by atoms with Gasteiger partial charge in [0.25, 0.3) is 0 Å². The van der Waals surface area contributed by atoms with E-state index in [-0.39, 0.29) is 5.78 Å². The van der Waals surface area contributed by atoms with Crippen molar-refractivity contribution in [3.63, 3.8) is 0 Å². The topological polar surface area (TPSA) is 52.6 Å². The van der Waals surface area contributed by atoms with Gasteiger partial charge in [-0.05, 0) is 31.2 Å². The molecule has 0 N–H and O–H groups in total. The van der Waals surface area contributed by atoms with Gasteiger partial charge in [-0.1, -0.05) is 6.58 Å². The fourth-order valence-electron chi connectivity index (χ4n) is 0.946. The zero-order valence-corrected chi connectivity index (χ0v) is 8.23. The van der Waals surface area contributed by atoms with Gasteiger partial charge in [-0.2, -0.15) is 0 Å². The van der Waals surface area contributed by atoms with E-state index in [1.54, 1.807) is 12.1 Å². The van der Waals surface area contributed by atoms with Crippen molar-refractivity contribution in [1.29, 1.82) is 0 Å². The molecule has 78 valence electrons. The van der Waals surface area contributed by atoms with Crippen LogP contribution in [0.1, 0.15) is 17.3 Å². The van der Waals surface area contributed by atoms with Crippen molar-refractivity contribution in [3.8, 4) is 5.75 Å². The molecule has 1 aromatic carbocycles. The predicted molar refractivity (Wildman–Crippen MR) is 53.8 cm³/mol. The summed E-state index contributed by atoms with van der Waals surface area (Å²) >= 11 is 0. The maximum absolute atomic E-state index is 10.9. The molecule has 0 aromatic heterocycles. The first-order valence-corrected chi connectivity index (χ1v) is 4.24. The Balaban J connectivity index is 2.68. The van der Waals surface area contributed by atoms with Gasteiger partial charge in [-0.15, -0.1) is 0 Å². The van der Waals surface area contributed by atoms with Crippen LogP contribution in [0.15, 0.2) is 37.1 Å². The first kappa shape index (κ1) is 11.0. The molecule has 0 unspecified atom stereocenters. The molecule has 0 aliphatic heterocycles. The molecule has 0 spiro atoms. The standard InChI is InChI=1S/C11H10O4/c1-3-14-11(13)15-10-6-4-9(5-7-10)8(2)12/h3-7H,1H2,2H3. The molecule has 0 bridgehead atoms.